The van der Waals surface area contributed by atoms with Gasteiger partial charge < -0.3 is 9.64 Å². The molecule has 0 N–H and O–H groups in total. The summed E-state index contributed by atoms with van der Waals surface area (Å²) in [5.41, 5.74) is 0. The van der Waals surface area contributed by atoms with Crippen molar-refractivity contribution in [3.8, 4) is 0 Å². The van der Waals surface area contributed by atoms with Crippen molar-refractivity contribution in [1.29, 1.82) is 0 Å². The number of nitrogens with zero attached hydrogens (tertiary/aromatic N) is 1. The molecule has 0 bridgehead atoms. The standard InChI is InChI=1S/C11H18ClNO2/c12-6-3-11(14)13(9-1-2-9)10-4-7-15-8-5-10/h9-10H,1-8H2. The van der Waals surface area contributed by atoms with Crippen LogP contribution in [0.3, 0.4) is 0 Å². The molecule has 0 aromatic heterocycles. The van der Waals surface area contributed by atoms with E-state index in [1.54, 1.807) is 0 Å². The summed E-state index contributed by atoms with van der Waals surface area (Å²) in [7, 11) is 0. The highest BCUT2D eigenvalue weighted by Gasteiger charge is 2.37. The van der Waals surface area contributed by atoms with Crippen LogP contribution in [0, 0.1) is 0 Å². The Morgan fingerprint density at radius 3 is 2.33 bits per heavy atom. The van der Waals surface area contributed by atoms with E-state index in [0.29, 0.717) is 24.4 Å². The lowest BCUT2D eigenvalue weighted by molar-refractivity contribution is -0.135. The molecule has 15 heavy (non-hydrogen) atoms. The van der Waals surface area contributed by atoms with Crippen LogP contribution in [0.4, 0.5) is 0 Å². The fraction of sp³-hybridized carbons (Fsp3) is 0.909. The first-order valence-electron chi connectivity index (χ1n) is 5.78. The first-order valence-corrected chi connectivity index (χ1v) is 6.31. The van der Waals surface area contributed by atoms with E-state index in [9.17, 15) is 4.79 Å². The number of hydrogen-bond donors (Lipinski definition) is 0. The number of carbonyl (C=O) groups is 1. The predicted octanol–water partition coefficient (Wildman–Crippen LogP) is 1.79. The van der Waals surface area contributed by atoms with E-state index in [0.717, 1.165) is 26.1 Å². The first-order chi connectivity index (χ1) is 7.33. The lowest BCUT2D eigenvalue weighted by Crippen LogP contribution is -2.44. The number of halogens is 1. The molecule has 0 atom stereocenters. The van der Waals surface area contributed by atoms with Crippen LogP contribution in [0.5, 0.6) is 0 Å². The second-order valence-electron chi connectivity index (χ2n) is 4.31. The van der Waals surface area contributed by atoms with Gasteiger partial charge in [0.05, 0.1) is 0 Å². The van der Waals surface area contributed by atoms with Gasteiger partial charge in [-0.15, -0.1) is 11.6 Å². The van der Waals surface area contributed by atoms with Gasteiger partial charge in [0.25, 0.3) is 0 Å². The smallest absolute Gasteiger partial charge is 0.224 e. The molecule has 1 heterocycles. The maximum Gasteiger partial charge on any atom is 0.224 e. The Labute approximate surface area is 95.7 Å². The van der Waals surface area contributed by atoms with Crippen LogP contribution >= 0.6 is 11.6 Å². The molecule has 86 valence electrons. The molecule has 2 fully saturated rings. The molecule has 3 nitrogen and oxygen atoms in total. The fourth-order valence-corrected chi connectivity index (χ4v) is 2.39. The van der Waals surface area contributed by atoms with Crippen molar-refractivity contribution in [3.63, 3.8) is 0 Å². The summed E-state index contributed by atoms with van der Waals surface area (Å²) in [6.45, 7) is 1.59. The van der Waals surface area contributed by atoms with Gasteiger partial charge in [-0.25, -0.2) is 0 Å². The van der Waals surface area contributed by atoms with Gasteiger partial charge >= 0.3 is 0 Å². The third-order valence-electron chi connectivity index (χ3n) is 3.12. The molecule has 0 aromatic carbocycles. The molecule has 1 saturated carbocycles. The Balaban J connectivity index is 1.94. The minimum atomic E-state index is 0.236. The van der Waals surface area contributed by atoms with Crippen molar-refractivity contribution in [2.24, 2.45) is 0 Å². The van der Waals surface area contributed by atoms with Crippen LogP contribution < -0.4 is 0 Å². The van der Waals surface area contributed by atoms with E-state index in [1.165, 1.54) is 12.8 Å². The van der Waals surface area contributed by atoms with E-state index < -0.39 is 0 Å². The van der Waals surface area contributed by atoms with Gasteiger partial charge in [-0.2, -0.15) is 0 Å². The van der Waals surface area contributed by atoms with E-state index in [4.69, 9.17) is 16.3 Å². The number of hydrogen-bond acceptors (Lipinski definition) is 2. The third-order valence-corrected chi connectivity index (χ3v) is 3.31. The Bertz CT molecular complexity index is 225. The predicted molar refractivity (Wildman–Crippen MR) is 59.0 cm³/mol. The quantitative estimate of drug-likeness (QED) is 0.691. The first kappa shape index (κ1) is 11.2. The molecule has 0 radical (unpaired) electrons. The SMILES string of the molecule is O=C(CCCl)N(C1CCOCC1)C1CC1. The van der Waals surface area contributed by atoms with Crippen LogP contribution in [0.2, 0.25) is 0 Å². The zero-order chi connectivity index (χ0) is 10.7. The molecule has 2 rings (SSSR count). The molecular formula is C11H18ClNO2. The van der Waals surface area contributed by atoms with Gasteiger partial charge in [0.2, 0.25) is 5.91 Å². The van der Waals surface area contributed by atoms with Crippen molar-refractivity contribution < 1.29 is 9.53 Å². The largest absolute Gasteiger partial charge is 0.381 e. The second kappa shape index (κ2) is 5.17. The van der Waals surface area contributed by atoms with Crippen LogP contribution in [-0.4, -0.2) is 42.0 Å². The molecule has 1 saturated heterocycles. The summed E-state index contributed by atoms with van der Waals surface area (Å²) >= 11 is 5.63. The highest BCUT2D eigenvalue weighted by atomic mass is 35.5. The molecule has 0 aromatic rings. The number of carbonyl (C=O) groups excluding carboxylic acids is 1. The van der Waals surface area contributed by atoms with Gasteiger partial charge in [-0.1, -0.05) is 0 Å². The summed E-state index contributed by atoms with van der Waals surface area (Å²) in [4.78, 5) is 14.0. The number of alkyl halides is 1. The van der Waals surface area contributed by atoms with Crippen LogP contribution in [0.25, 0.3) is 0 Å². The summed E-state index contributed by atoms with van der Waals surface area (Å²) in [5, 5.41) is 0. The van der Waals surface area contributed by atoms with Gasteiger partial charge in [-0.3, -0.25) is 4.79 Å². The summed E-state index contributed by atoms with van der Waals surface area (Å²) in [6.07, 6.45) is 4.81. The third kappa shape index (κ3) is 2.85. The lowest BCUT2D eigenvalue weighted by atomic mass is 10.1. The fourth-order valence-electron chi connectivity index (χ4n) is 2.23. The van der Waals surface area contributed by atoms with Crippen molar-refractivity contribution in [2.75, 3.05) is 19.1 Å². The highest BCUT2D eigenvalue weighted by Crippen LogP contribution is 2.32. The minimum Gasteiger partial charge on any atom is -0.381 e. The number of amides is 1. The summed E-state index contributed by atoms with van der Waals surface area (Å²) in [6, 6.07) is 0.908. The number of ether oxygens (including phenoxy) is 1. The topological polar surface area (TPSA) is 29.5 Å². The van der Waals surface area contributed by atoms with E-state index in [1.807, 2.05) is 0 Å². The summed E-state index contributed by atoms with van der Waals surface area (Å²) in [5.74, 6) is 0.671. The second-order valence-corrected chi connectivity index (χ2v) is 4.69. The average molecular weight is 232 g/mol. The maximum absolute atomic E-state index is 11.9. The molecule has 4 heteroatoms. The average Bonchev–Trinajstić information content (AvgIpc) is 3.04. The molecule has 1 amide bonds. The molecule has 0 unspecified atom stereocenters. The van der Waals surface area contributed by atoms with Crippen LogP contribution in [0.15, 0.2) is 0 Å². The van der Waals surface area contributed by atoms with E-state index in [-0.39, 0.29) is 5.91 Å². The lowest BCUT2D eigenvalue weighted by Gasteiger charge is -2.34. The summed E-state index contributed by atoms with van der Waals surface area (Å²) < 4.78 is 5.33. The maximum atomic E-state index is 11.9. The van der Waals surface area contributed by atoms with Gasteiger partial charge in [0.15, 0.2) is 0 Å². The Hall–Kier alpha value is -0.280. The van der Waals surface area contributed by atoms with Gasteiger partial charge in [0, 0.05) is 37.6 Å². The van der Waals surface area contributed by atoms with Crippen molar-refractivity contribution in [1.82, 2.24) is 4.90 Å². The van der Waals surface area contributed by atoms with Crippen molar-refractivity contribution in [2.45, 2.75) is 44.2 Å². The molecule has 1 aliphatic heterocycles. The monoisotopic (exact) mass is 231 g/mol. The Morgan fingerprint density at radius 2 is 1.80 bits per heavy atom. The molecule has 0 spiro atoms. The van der Waals surface area contributed by atoms with Crippen molar-refractivity contribution in [3.05, 3.63) is 0 Å². The van der Waals surface area contributed by atoms with Gasteiger partial charge in [0.1, 0.15) is 0 Å². The normalized spacial score (nSPS) is 22.7. The van der Waals surface area contributed by atoms with Gasteiger partial charge in [-0.05, 0) is 25.7 Å². The van der Waals surface area contributed by atoms with Crippen LogP contribution in [0.1, 0.15) is 32.1 Å². The minimum absolute atomic E-state index is 0.236. The Kier molecular flexibility index (Phi) is 3.87. The highest BCUT2D eigenvalue weighted by molar-refractivity contribution is 6.18. The van der Waals surface area contributed by atoms with E-state index >= 15 is 0 Å². The zero-order valence-corrected chi connectivity index (χ0v) is 9.71. The van der Waals surface area contributed by atoms with E-state index in [2.05, 4.69) is 4.90 Å². The van der Waals surface area contributed by atoms with Crippen LogP contribution in [-0.2, 0) is 9.53 Å². The zero-order valence-electron chi connectivity index (χ0n) is 8.95. The number of rotatable bonds is 4. The molecule has 1 aliphatic carbocycles. The molecular weight excluding hydrogens is 214 g/mol. The van der Waals surface area contributed by atoms with Crippen molar-refractivity contribution >= 4 is 17.5 Å². The molecule has 2 aliphatic rings. The Morgan fingerprint density at radius 1 is 1.20 bits per heavy atom.